The van der Waals surface area contributed by atoms with Gasteiger partial charge in [0.2, 0.25) is 5.88 Å². The Hall–Kier alpha value is -1.52. The average molecular weight is 266 g/mol. The second-order valence-electron chi connectivity index (χ2n) is 4.00. The van der Waals surface area contributed by atoms with Crippen LogP contribution in [0.2, 0.25) is 5.02 Å². The first kappa shape index (κ1) is 12.9. The van der Waals surface area contributed by atoms with Gasteiger partial charge in [0, 0.05) is 10.6 Å². The summed E-state index contributed by atoms with van der Waals surface area (Å²) in [6.45, 7) is 2.53. The third-order valence-corrected chi connectivity index (χ3v) is 3.05. The first-order valence-electron chi connectivity index (χ1n) is 5.76. The number of halogens is 1. The van der Waals surface area contributed by atoms with Crippen LogP contribution in [0.5, 0.6) is 5.88 Å². The van der Waals surface area contributed by atoms with Crippen LogP contribution in [0.4, 0.5) is 0 Å². The lowest BCUT2D eigenvalue weighted by Crippen LogP contribution is -2.05. The highest BCUT2D eigenvalue weighted by Gasteiger charge is 2.16. The second-order valence-corrected chi connectivity index (χ2v) is 4.44. The van der Waals surface area contributed by atoms with Crippen LogP contribution in [0, 0.1) is 6.92 Å². The predicted molar refractivity (Wildman–Crippen MR) is 72.6 cm³/mol. The van der Waals surface area contributed by atoms with Crippen LogP contribution in [0.3, 0.4) is 0 Å². The normalized spacial score (nSPS) is 10.7. The third kappa shape index (κ3) is 2.35. The maximum Gasteiger partial charge on any atom is 0.219 e. The summed E-state index contributed by atoms with van der Waals surface area (Å²) in [4.78, 5) is 0. The topological polar surface area (TPSA) is 53.1 Å². The molecule has 1 heterocycles. The summed E-state index contributed by atoms with van der Waals surface area (Å²) >= 11 is 5.88. The van der Waals surface area contributed by atoms with Gasteiger partial charge in [-0.3, -0.25) is 0 Å². The van der Waals surface area contributed by atoms with E-state index in [2.05, 4.69) is 5.10 Å². The van der Waals surface area contributed by atoms with Crippen LogP contribution in [0.1, 0.15) is 11.3 Å². The molecule has 1 aromatic heterocycles. The SMILES string of the molecule is COc1c(CCN)c(C)nn1-c1ccc(Cl)cc1. The molecule has 0 radical (unpaired) electrons. The Balaban J connectivity index is 2.50. The Kier molecular flexibility index (Phi) is 3.89. The molecule has 0 spiro atoms. The molecule has 0 atom stereocenters. The van der Waals surface area contributed by atoms with Gasteiger partial charge in [0.05, 0.1) is 18.5 Å². The van der Waals surface area contributed by atoms with E-state index in [0.29, 0.717) is 11.6 Å². The van der Waals surface area contributed by atoms with Crippen LogP contribution < -0.4 is 10.5 Å². The van der Waals surface area contributed by atoms with Crippen molar-refractivity contribution in [2.45, 2.75) is 13.3 Å². The van der Waals surface area contributed by atoms with E-state index in [1.54, 1.807) is 11.8 Å². The number of methoxy groups -OCH3 is 1. The lowest BCUT2D eigenvalue weighted by Gasteiger charge is -2.07. The molecule has 0 bridgehead atoms. The summed E-state index contributed by atoms with van der Waals surface area (Å²) in [6.07, 6.45) is 0.753. The minimum Gasteiger partial charge on any atom is -0.481 e. The van der Waals surface area contributed by atoms with Gasteiger partial charge in [0.15, 0.2) is 0 Å². The zero-order valence-electron chi connectivity index (χ0n) is 10.5. The number of aromatic nitrogens is 2. The van der Waals surface area contributed by atoms with Crippen molar-refractivity contribution in [1.82, 2.24) is 9.78 Å². The molecule has 0 aliphatic heterocycles. The Morgan fingerprint density at radius 2 is 2.00 bits per heavy atom. The zero-order valence-corrected chi connectivity index (χ0v) is 11.2. The Bertz CT molecular complexity index is 534. The highest BCUT2D eigenvalue weighted by Crippen LogP contribution is 2.26. The molecule has 4 nitrogen and oxygen atoms in total. The van der Waals surface area contributed by atoms with Crippen molar-refractivity contribution in [3.05, 3.63) is 40.5 Å². The zero-order chi connectivity index (χ0) is 13.1. The van der Waals surface area contributed by atoms with E-state index in [1.807, 2.05) is 31.2 Å². The van der Waals surface area contributed by atoms with Gasteiger partial charge in [-0.1, -0.05) is 11.6 Å². The fourth-order valence-corrected chi connectivity index (χ4v) is 2.06. The lowest BCUT2D eigenvalue weighted by molar-refractivity contribution is 0.379. The van der Waals surface area contributed by atoms with Crippen molar-refractivity contribution in [2.24, 2.45) is 5.73 Å². The number of hydrogen-bond donors (Lipinski definition) is 1. The maximum absolute atomic E-state index is 5.88. The second kappa shape index (κ2) is 5.42. The van der Waals surface area contributed by atoms with E-state index in [9.17, 15) is 0 Å². The molecule has 96 valence electrons. The molecule has 0 unspecified atom stereocenters. The van der Waals surface area contributed by atoms with Crippen molar-refractivity contribution in [3.63, 3.8) is 0 Å². The summed E-state index contributed by atoms with van der Waals surface area (Å²) in [5.74, 6) is 0.736. The van der Waals surface area contributed by atoms with Gasteiger partial charge < -0.3 is 10.5 Å². The van der Waals surface area contributed by atoms with E-state index in [1.165, 1.54) is 0 Å². The molecular weight excluding hydrogens is 250 g/mol. The molecule has 0 saturated carbocycles. The Morgan fingerprint density at radius 1 is 1.33 bits per heavy atom. The van der Waals surface area contributed by atoms with Gasteiger partial charge in [-0.05, 0) is 44.2 Å². The van der Waals surface area contributed by atoms with Gasteiger partial charge >= 0.3 is 0 Å². The highest BCUT2D eigenvalue weighted by molar-refractivity contribution is 6.30. The first-order valence-corrected chi connectivity index (χ1v) is 6.13. The smallest absolute Gasteiger partial charge is 0.219 e. The van der Waals surface area contributed by atoms with Gasteiger partial charge in [-0.25, -0.2) is 4.68 Å². The molecule has 5 heteroatoms. The van der Waals surface area contributed by atoms with Crippen molar-refractivity contribution in [1.29, 1.82) is 0 Å². The fourth-order valence-electron chi connectivity index (χ4n) is 1.94. The minimum absolute atomic E-state index is 0.573. The van der Waals surface area contributed by atoms with Crippen molar-refractivity contribution in [2.75, 3.05) is 13.7 Å². The standard InChI is InChI=1S/C13H16ClN3O/c1-9-12(7-8-15)13(18-2)17(16-9)11-5-3-10(14)4-6-11/h3-6H,7-8,15H2,1-2H3. The van der Waals surface area contributed by atoms with E-state index < -0.39 is 0 Å². The average Bonchev–Trinajstić information content (AvgIpc) is 2.68. The lowest BCUT2D eigenvalue weighted by atomic mass is 10.2. The molecule has 0 saturated heterocycles. The highest BCUT2D eigenvalue weighted by atomic mass is 35.5. The molecule has 0 fully saturated rings. The predicted octanol–water partition coefficient (Wildman–Crippen LogP) is 2.34. The molecule has 0 aliphatic rings. The molecule has 0 aliphatic carbocycles. The molecule has 2 rings (SSSR count). The molecule has 18 heavy (non-hydrogen) atoms. The number of nitrogens with zero attached hydrogens (tertiary/aromatic N) is 2. The largest absolute Gasteiger partial charge is 0.481 e. The van der Waals surface area contributed by atoms with Crippen LogP contribution in [-0.4, -0.2) is 23.4 Å². The van der Waals surface area contributed by atoms with Gasteiger partial charge in [0.1, 0.15) is 0 Å². The monoisotopic (exact) mass is 265 g/mol. The van der Waals surface area contributed by atoms with Crippen LogP contribution in [0.15, 0.2) is 24.3 Å². The quantitative estimate of drug-likeness (QED) is 0.923. The van der Waals surface area contributed by atoms with Gasteiger partial charge in [0.25, 0.3) is 0 Å². The third-order valence-electron chi connectivity index (χ3n) is 2.80. The molecule has 1 aromatic carbocycles. The summed E-state index contributed by atoms with van der Waals surface area (Å²) in [5, 5.41) is 5.19. The molecular formula is C13H16ClN3O. The van der Waals surface area contributed by atoms with Crippen LogP contribution >= 0.6 is 11.6 Å². The number of rotatable bonds is 4. The van der Waals surface area contributed by atoms with E-state index >= 15 is 0 Å². The van der Waals surface area contributed by atoms with Crippen molar-refractivity contribution >= 4 is 11.6 Å². The number of hydrogen-bond acceptors (Lipinski definition) is 3. The number of aryl methyl sites for hydroxylation is 1. The number of ether oxygens (including phenoxy) is 1. The summed E-state index contributed by atoms with van der Waals surface area (Å²) in [7, 11) is 1.64. The van der Waals surface area contributed by atoms with E-state index in [0.717, 1.165) is 29.2 Å². The Morgan fingerprint density at radius 3 is 2.56 bits per heavy atom. The molecule has 2 N–H and O–H groups in total. The summed E-state index contributed by atoms with van der Waals surface area (Å²) < 4.78 is 7.22. The van der Waals surface area contributed by atoms with Crippen LogP contribution in [-0.2, 0) is 6.42 Å². The molecule has 2 aromatic rings. The summed E-state index contributed by atoms with van der Waals surface area (Å²) in [5.41, 5.74) is 8.52. The molecule has 0 amide bonds. The maximum atomic E-state index is 5.88. The summed E-state index contributed by atoms with van der Waals surface area (Å²) in [6, 6.07) is 7.47. The van der Waals surface area contributed by atoms with Crippen molar-refractivity contribution < 1.29 is 4.74 Å². The van der Waals surface area contributed by atoms with Crippen molar-refractivity contribution in [3.8, 4) is 11.6 Å². The fraction of sp³-hybridized carbons (Fsp3) is 0.308. The van der Waals surface area contributed by atoms with Gasteiger partial charge in [-0.15, -0.1) is 0 Å². The van der Waals surface area contributed by atoms with E-state index in [4.69, 9.17) is 22.1 Å². The number of benzene rings is 1. The van der Waals surface area contributed by atoms with Crippen LogP contribution in [0.25, 0.3) is 5.69 Å². The first-order chi connectivity index (χ1) is 8.67. The number of nitrogens with two attached hydrogens (primary N) is 1. The van der Waals surface area contributed by atoms with E-state index in [-0.39, 0.29) is 0 Å². The minimum atomic E-state index is 0.573. The Labute approximate surface area is 111 Å². The van der Waals surface area contributed by atoms with Gasteiger partial charge in [-0.2, -0.15) is 5.10 Å².